The zero-order chi connectivity index (χ0) is 11.7. The van der Waals surface area contributed by atoms with E-state index in [2.05, 4.69) is 48.7 Å². The number of halogens is 2. The molecule has 2 N–H and O–H groups in total. The van der Waals surface area contributed by atoms with Crippen LogP contribution in [0.5, 0.6) is 0 Å². The van der Waals surface area contributed by atoms with Crippen molar-refractivity contribution in [1.82, 2.24) is 10.2 Å². The van der Waals surface area contributed by atoms with Gasteiger partial charge in [0.1, 0.15) is 0 Å². The minimum absolute atomic E-state index is 0.247. The third-order valence-corrected chi connectivity index (χ3v) is 3.35. The molecule has 0 aliphatic carbocycles. The molecule has 0 aliphatic heterocycles. The van der Waals surface area contributed by atoms with E-state index in [0.717, 1.165) is 13.6 Å². The van der Waals surface area contributed by atoms with Crippen LogP contribution in [-0.4, -0.2) is 10.2 Å². The normalized spacial score (nSPS) is 12.8. The Labute approximate surface area is 115 Å². The van der Waals surface area contributed by atoms with E-state index in [1.54, 1.807) is 6.92 Å². The van der Waals surface area contributed by atoms with E-state index < -0.39 is 0 Å². The first-order chi connectivity index (χ1) is 7.58. The molecule has 2 aromatic rings. The Kier molecular flexibility index (Phi) is 3.60. The van der Waals surface area contributed by atoms with Gasteiger partial charge in [-0.1, -0.05) is 0 Å². The van der Waals surface area contributed by atoms with Crippen molar-refractivity contribution in [2.75, 3.05) is 0 Å². The van der Waals surface area contributed by atoms with Gasteiger partial charge in [0.05, 0.1) is 11.6 Å². The molecule has 16 heavy (non-hydrogen) atoms. The number of nitrogens with zero attached hydrogens (tertiary/aromatic N) is 2. The molecule has 1 atom stereocenters. The second-order valence-corrected chi connectivity index (χ2v) is 5.46. The molecule has 2 rings (SSSR count). The van der Waals surface area contributed by atoms with Crippen molar-refractivity contribution in [3.63, 3.8) is 0 Å². The lowest BCUT2D eigenvalue weighted by Gasteiger charge is -2.00. The van der Waals surface area contributed by atoms with Crippen LogP contribution in [0.4, 0.5) is 0 Å². The minimum atomic E-state index is -0.247. The lowest BCUT2D eigenvalue weighted by Crippen LogP contribution is -2.04. The van der Waals surface area contributed by atoms with Crippen LogP contribution in [0.15, 0.2) is 27.1 Å². The van der Waals surface area contributed by atoms with Crippen LogP contribution in [0.3, 0.4) is 0 Å². The van der Waals surface area contributed by atoms with Crippen molar-refractivity contribution in [2.45, 2.75) is 13.0 Å². The zero-order valence-corrected chi connectivity index (χ0v) is 12.2. The maximum atomic E-state index is 5.66. The van der Waals surface area contributed by atoms with Crippen molar-refractivity contribution in [3.8, 4) is 11.5 Å². The molecule has 1 unspecified atom stereocenters. The summed E-state index contributed by atoms with van der Waals surface area (Å²) in [5.74, 6) is 0.929. The molecule has 6 heteroatoms. The van der Waals surface area contributed by atoms with Gasteiger partial charge < -0.3 is 10.2 Å². The van der Waals surface area contributed by atoms with E-state index >= 15 is 0 Å². The predicted molar refractivity (Wildman–Crippen MR) is 72.8 cm³/mol. The lowest BCUT2D eigenvalue weighted by atomic mass is 10.2. The molecule has 4 nitrogen and oxygen atoms in total. The standard InChI is InChI=1S/C10H9BrIN3O/c1-5(13)9-14-15-10(16-9)7-4-6(12)2-3-8(7)11/h2-5H,13H2,1H3. The molecule has 0 spiro atoms. The fourth-order valence-electron chi connectivity index (χ4n) is 1.19. The van der Waals surface area contributed by atoms with Crippen LogP contribution in [0.2, 0.25) is 0 Å². The number of nitrogens with two attached hydrogens (primary N) is 1. The van der Waals surface area contributed by atoms with Gasteiger partial charge in [-0.15, -0.1) is 10.2 Å². The molecule has 0 amide bonds. The van der Waals surface area contributed by atoms with E-state index in [-0.39, 0.29) is 6.04 Å². The number of rotatable bonds is 2. The van der Waals surface area contributed by atoms with Crippen molar-refractivity contribution in [3.05, 3.63) is 32.1 Å². The van der Waals surface area contributed by atoms with Gasteiger partial charge in [-0.2, -0.15) is 0 Å². The summed E-state index contributed by atoms with van der Waals surface area (Å²) in [6.45, 7) is 1.81. The van der Waals surface area contributed by atoms with Gasteiger partial charge in [0, 0.05) is 8.04 Å². The average Bonchev–Trinajstić information content (AvgIpc) is 2.70. The number of aromatic nitrogens is 2. The van der Waals surface area contributed by atoms with Crippen LogP contribution < -0.4 is 5.73 Å². The van der Waals surface area contributed by atoms with Crippen molar-refractivity contribution >= 4 is 38.5 Å². The number of benzene rings is 1. The van der Waals surface area contributed by atoms with Crippen molar-refractivity contribution in [1.29, 1.82) is 0 Å². The summed E-state index contributed by atoms with van der Waals surface area (Å²) in [6, 6.07) is 5.68. The smallest absolute Gasteiger partial charge is 0.249 e. The lowest BCUT2D eigenvalue weighted by molar-refractivity contribution is 0.473. The summed E-state index contributed by atoms with van der Waals surface area (Å²) in [6.07, 6.45) is 0. The van der Waals surface area contributed by atoms with Crippen LogP contribution in [0, 0.1) is 3.57 Å². The molecule has 1 heterocycles. The summed E-state index contributed by atoms with van der Waals surface area (Å²) in [5.41, 5.74) is 6.54. The summed E-state index contributed by atoms with van der Waals surface area (Å²) in [7, 11) is 0. The highest BCUT2D eigenvalue weighted by molar-refractivity contribution is 14.1. The first kappa shape index (κ1) is 12.0. The van der Waals surface area contributed by atoms with Crippen LogP contribution in [0.25, 0.3) is 11.5 Å². The molecular weight excluding hydrogens is 385 g/mol. The van der Waals surface area contributed by atoms with Crippen LogP contribution in [0.1, 0.15) is 18.9 Å². The Bertz CT molecular complexity index is 513. The third-order valence-electron chi connectivity index (χ3n) is 1.99. The Morgan fingerprint density at radius 2 is 2.19 bits per heavy atom. The number of hydrogen-bond acceptors (Lipinski definition) is 4. The van der Waals surface area contributed by atoms with Gasteiger partial charge in [-0.25, -0.2) is 0 Å². The van der Waals surface area contributed by atoms with Crippen LogP contribution in [-0.2, 0) is 0 Å². The van der Waals surface area contributed by atoms with Gasteiger partial charge in [-0.05, 0) is 63.6 Å². The summed E-state index contributed by atoms with van der Waals surface area (Å²) >= 11 is 5.68. The van der Waals surface area contributed by atoms with Gasteiger partial charge in [0.2, 0.25) is 11.8 Å². The minimum Gasteiger partial charge on any atom is -0.419 e. The summed E-state index contributed by atoms with van der Waals surface area (Å²) in [5, 5.41) is 7.88. The summed E-state index contributed by atoms with van der Waals surface area (Å²) < 4.78 is 7.52. The van der Waals surface area contributed by atoms with E-state index in [0.29, 0.717) is 11.8 Å². The highest BCUT2D eigenvalue weighted by Gasteiger charge is 2.14. The van der Waals surface area contributed by atoms with Gasteiger partial charge in [0.25, 0.3) is 0 Å². The molecule has 0 aliphatic rings. The molecule has 0 saturated heterocycles. The SMILES string of the molecule is CC(N)c1nnc(-c2cc(I)ccc2Br)o1. The van der Waals surface area contributed by atoms with Gasteiger partial charge in [-0.3, -0.25) is 0 Å². The quantitative estimate of drug-likeness (QED) is 0.796. The average molecular weight is 394 g/mol. The fraction of sp³-hybridized carbons (Fsp3) is 0.200. The molecule has 1 aromatic heterocycles. The third kappa shape index (κ3) is 2.44. The van der Waals surface area contributed by atoms with Crippen molar-refractivity contribution < 1.29 is 4.42 Å². The monoisotopic (exact) mass is 393 g/mol. The Hall–Kier alpha value is -0.470. The highest BCUT2D eigenvalue weighted by atomic mass is 127. The Balaban J connectivity index is 2.46. The molecule has 0 radical (unpaired) electrons. The molecule has 0 bridgehead atoms. The zero-order valence-electron chi connectivity index (χ0n) is 8.45. The van der Waals surface area contributed by atoms with Gasteiger partial charge in [0.15, 0.2) is 0 Å². The molecule has 84 valence electrons. The second kappa shape index (κ2) is 4.80. The molecule has 1 aromatic carbocycles. The van der Waals surface area contributed by atoms with Crippen LogP contribution >= 0.6 is 38.5 Å². The molecule has 0 fully saturated rings. The van der Waals surface area contributed by atoms with E-state index in [4.69, 9.17) is 10.2 Å². The maximum absolute atomic E-state index is 5.66. The van der Waals surface area contributed by atoms with Gasteiger partial charge >= 0.3 is 0 Å². The predicted octanol–water partition coefficient (Wildman–Crippen LogP) is 3.12. The maximum Gasteiger partial charge on any atom is 0.249 e. The van der Waals surface area contributed by atoms with E-state index in [1.165, 1.54) is 0 Å². The Morgan fingerprint density at radius 1 is 1.44 bits per heavy atom. The van der Waals surface area contributed by atoms with E-state index in [9.17, 15) is 0 Å². The molecular formula is C10H9BrIN3O. The highest BCUT2D eigenvalue weighted by Crippen LogP contribution is 2.29. The first-order valence-electron chi connectivity index (χ1n) is 4.62. The Morgan fingerprint density at radius 3 is 2.81 bits per heavy atom. The summed E-state index contributed by atoms with van der Waals surface area (Å²) in [4.78, 5) is 0. The second-order valence-electron chi connectivity index (χ2n) is 3.36. The van der Waals surface area contributed by atoms with Crippen molar-refractivity contribution in [2.24, 2.45) is 5.73 Å². The molecule has 0 saturated carbocycles. The fourth-order valence-corrected chi connectivity index (χ4v) is 2.10. The van der Waals surface area contributed by atoms with E-state index in [1.807, 2.05) is 18.2 Å². The first-order valence-corrected chi connectivity index (χ1v) is 6.49. The topological polar surface area (TPSA) is 64.9 Å². The largest absolute Gasteiger partial charge is 0.419 e. The number of hydrogen-bond donors (Lipinski definition) is 1.